The second-order valence-electron chi connectivity index (χ2n) is 7.27. The summed E-state index contributed by atoms with van der Waals surface area (Å²) in [7, 11) is 1.51. The van der Waals surface area contributed by atoms with Gasteiger partial charge in [0, 0.05) is 24.6 Å². The Bertz CT molecular complexity index is 677. The number of benzene rings is 1. The molecule has 1 aromatic carbocycles. The fraction of sp³-hybridized carbons (Fsp3) is 0.600. The predicted octanol–water partition coefficient (Wildman–Crippen LogP) is 4.24. The summed E-state index contributed by atoms with van der Waals surface area (Å²) in [6.45, 7) is 5.18. The zero-order valence-corrected chi connectivity index (χ0v) is 16.9. The van der Waals surface area contributed by atoms with E-state index in [4.69, 9.17) is 26.2 Å². The molecular formula is C20H28ClNO5. The lowest BCUT2D eigenvalue weighted by Crippen LogP contribution is -2.44. The summed E-state index contributed by atoms with van der Waals surface area (Å²) in [5, 5.41) is 9.29. The number of rotatable bonds is 8. The van der Waals surface area contributed by atoms with Crippen LogP contribution in [0.2, 0.25) is 5.02 Å². The van der Waals surface area contributed by atoms with E-state index in [0.29, 0.717) is 47.6 Å². The van der Waals surface area contributed by atoms with Crippen molar-refractivity contribution in [3.63, 3.8) is 0 Å². The van der Waals surface area contributed by atoms with Gasteiger partial charge in [-0.2, -0.15) is 0 Å². The first kappa shape index (κ1) is 21.4. The van der Waals surface area contributed by atoms with E-state index in [1.54, 1.807) is 17.0 Å². The molecule has 6 nitrogen and oxygen atoms in total. The Hall–Kier alpha value is -1.95. The van der Waals surface area contributed by atoms with E-state index in [1.165, 1.54) is 7.11 Å². The average molecular weight is 398 g/mol. The van der Waals surface area contributed by atoms with Gasteiger partial charge in [0.05, 0.1) is 18.7 Å². The van der Waals surface area contributed by atoms with Gasteiger partial charge in [-0.25, -0.2) is 0 Å². The van der Waals surface area contributed by atoms with Crippen LogP contribution in [0, 0.1) is 5.92 Å². The first-order valence-corrected chi connectivity index (χ1v) is 9.74. The number of carboxylic acid groups (broad SMARTS) is 1. The van der Waals surface area contributed by atoms with Gasteiger partial charge in [-0.05, 0) is 43.7 Å². The Morgan fingerprint density at radius 2 is 2.07 bits per heavy atom. The van der Waals surface area contributed by atoms with E-state index in [9.17, 15) is 9.59 Å². The second kappa shape index (κ2) is 9.83. The molecule has 0 saturated carbocycles. The van der Waals surface area contributed by atoms with E-state index in [0.717, 1.165) is 19.3 Å². The highest BCUT2D eigenvalue weighted by Crippen LogP contribution is 2.37. The van der Waals surface area contributed by atoms with Gasteiger partial charge in [0.25, 0.3) is 5.91 Å². The summed E-state index contributed by atoms with van der Waals surface area (Å²) in [4.78, 5) is 25.8. The van der Waals surface area contributed by atoms with Gasteiger partial charge in [-0.1, -0.05) is 25.4 Å². The molecule has 2 rings (SSSR count). The van der Waals surface area contributed by atoms with Crippen molar-refractivity contribution >= 4 is 23.5 Å². The van der Waals surface area contributed by atoms with Crippen molar-refractivity contribution in [2.45, 2.75) is 52.0 Å². The number of ether oxygens (including phenoxy) is 2. The van der Waals surface area contributed by atoms with Crippen LogP contribution < -0.4 is 9.47 Å². The topological polar surface area (TPSA) is 76.1 Å². The van der Waals surface area contributed by atoms with Gasteiger partial charge in [0.15, 0.2) is 11.5 Å². The Balaban J connectivity index is 2.23. The maximum Gasteiger partial charge on any atom is 0.303 e. The molecule has 1 amide bonds. The highest BCUT2D eigenvalue weighted by Gasteiger charge is 2.29. The van der Waals surface area contributed by atoms with Crippen LogP contribution in [0.15, 0.2) is 12.1 Å². The van der Waals surface area contributed by atoms with E-state index in [1.807, 2.05) is 13.8 Å². The number of amides is 1. The van der Waals surface area contributed by atoms with Gasteiger partial charge in [-0.15, -0.1) is 0 Å². The van der Waals surface area contributed by atoms with E-state index in [2.05, 4.69) is 0 Å². The number of carbonyl (C=O) groups is 2. The number of hydrogen-bond donors (Lipinski definition) is 1. The van der Waals surface area contributed by atoms with E-state index >= 15 is 0 Å². The van der Waals surface area contributed by atoms with Crippen molar-refractivity contribution in [1.82, 2.24) is 4.90 Å². The molecule has 1 heterocycles. The van der Waals surface area contributed by atoms with Crippen LogP contribution in [0.3, 0.4) is 0 Å². The van der Waals surface area contributed by atoms with Gasteiger partial charge in [-0.3, -0.25) is 9.59 Å². The highest BCUT2D eigenvalue weighted by molar-refractivity contribution is 6.32. The van der Waals surface area contributed by atoms with Crippen molar-refractivity contribution < 1.29 is 24.2 Å². The third-order valence-electron chi connectivity index (χ3n) is 4.62. The molecule has 1 saturated heterocycles. The van der Waals surface area contributed by atoms with E-state index in [-0.39, 0.29) is 18.4 Å². The fourth-order valence-corrected chi connectivity index (χ4v) is 3.52. The van der Waals surface area contributed by atoms with Crippen LogP contribution >= 0.6 is 11.6 Å². The lowest BCUT2D eigenvalue weighted by molar-refractivity contribution is -0.137. The van der Waals surface area contributed by atoms with Gasteiger partial charge >= 0.3 is 5.97 Å². The molecule has 150 valence electrons. The van der Waals surface area contributed by atoms with Crippen LogP contribution in [-0.4, -0.2) is 48.2 Å². The number of aliphatic carboxylic acids is 1. The molecule has 1 atom stereocenters. The molecule has 0 spiro atoms. The number of halogens is 1. The lowest BCUT2D eigenvalue weighted by atomic mass is 9.97. The normalized spacial score (nSPS) is 17.1. The Morgan fingerprint density at radius 3 is 2.70 bits per heavy atom. The maximum absolute atomic E-state index is 13.1. The summed E-state index contributed by atoms with van der Waals surface area (Å²) < 4.78 is 11.1. The zero-order chi connectivity index (χ0) is 20.0. The standard InChI is InChI=1S/C20H28ClNO5/c1-13(2)12-27-19-16(21)10-14(11-17(19)26-3)20(25)22-9-5-4-6-15(22)7-8-18(23)24/h10-11,13,15H,4-9,12H2,1-3H3,(H,23,24). The molecule has 1 fully saturated rings. The van der Waals surface area contributed by atoms with Crippen molar-refractivity contribution in [3.8, 4) is 11.5 Å². The minimum atomic E-state index is -0.843. The smallest absolute Gasteiger partial charge is 0.303 e. The van der Waals surface area contributed by atoms with E-state index < -0.39 is 5.97 Å². The number of piperidine rings is 1. The average Bonchev–Trinajstić information content (AvgIpc) is 2.64. The number of carboxylic acids is 1. The monoisotopic (exact) mass is 397 g/mol. The second-order valence-corrected chi connectivity index (χ2v) is 7.68. The molecule has 1 aliphatic heterocycles. The summed E-state index contributed by atoms with van der Waals surface area (Å²) in [6, 6.07) is 3.18. The lowest BCUT2D eigenvalue weighted by Gasteiger charge is -2.36. The molecule has 0 bridgehead atoms. The van der Waals surface area contributed by atoms with Crippen molar-refractivity contribution in [3.05, 3.63) is 22.7 Å². The predicted molar refractivity (Wildman–Crippen MR) is 104 cm³/mol. The number of hydrogen-bond acceptors (Lipinski definition) is 4. The SMILES string of the molecule is COc1cc(C(=O)N2CCCCC2CCC(=O)O)cc(Cl)c1OCC(C)C. The largest absolute Gasteiger partial charge is 0.493 e. The zero-order valence-electron chi connectivity index (χ0n) is 16.2. The van der Waals surface area contributed by atoms with Gasteiger partial charge in [0.1, 0.15) is 0 Å². The van der Waals surface area contributed by atoms with Crippen LogP contribution in [0.4, 0.5) is 0 Å². The molecule has 0 aromatic heterocycles. The Kier molecular flexibility index (Phi) is 7.78. The summed E-state index contributed by atoms with van der Waals surface area (Å²) in [5.74, 6) is 0.191. The molecule has 7 heteroatoms. The molecule has 1 aromatic rings. The third kappa shape index (κ3) is 5.76. The molecule has 1 N–H and O–H groups in total. The van der Waals surface area contributed by atoms with Crippen LogP contribution in [0.5, 0.6) is 11.5 Å². The minimum absolute atomic E-state index is 0.0561. The van der Waals surface area contributed by atoms with Gasteiger partial charge in [0.2, 0.25) is 0 Å². The summed E-state index contributed by atoms with van der Waals surface area (Å²) in [6.07, 6.45) is 3.25. The summed E-state index contributed by atoms with van der Waals surface area (Å²) >= 11 is 6.37. The molecule has 1 unspecified atom stereocenters. The van der Waals surface area contributed by atoms with Crippen molar-refractivity contribution in [1.29, 1.82) is 0 Å². The molecule has 27 heavy (non-hydrogen) atoms. The maximum atomic E-state index is 13.1. The first-order valence-electron chi connectivity index (χ1n) is 9.36. The van der Waals surface area contributed by atoms with Crippen molar-refractivity contribution in [2.24, 2.45) is 5.92 Å². The molecule has 0 radical (unpaired) electrons. The van der Waals surface area contributed by atoms with Crippen LogP contribution in [0.1, 0.15) is 56.3 Å². The number of likely N-dealkylation sites (tertiary alicyclic amines) is 1. The molecule has 1 aliphatic rings. The first-order chi connectivity index (χ1) is 12.8. The van der Waals surface area contributed by atoms with Crippen LogP contribution in [0.25, 0.3) is 0 Å². The summed E-state index contributed by atoms with van der Waals surface area (Å²) in [5.41, 5.74) is 0.427. The molecule has 0 aliphatic carbocycles. The Labute approximate surface area is 165 Å². The van der Waals surface area contributed by atoms with Crippen LogP contribution in [-0.2, 0) is 4.79 Å². The third-order valence-corrected chi connectivity index (χ3v) is 4.90. The Morgan fingerprint density at radius 1 is 1.33 bits per heavy atom. The fourth-order valence-electron chi connectivity index (χ4n) is 3.26. The minimum Gasteiger partial charge on any atom is -0.493 e. The van der Waals surface area contributed by atoms with Gasteiger partial charge < -0.3 is 19.5 Å². The number of nitrogens with zero attached hydrogens (tertiary/aromatic N) is 1. The number of carbonyl (C=O) groups excluding carboxylic acids is 1. The van der Waals surface area contributed by atoms with Crippen molar-refractivity contribution in [2.75, 3.05) is 20.3 Å². The highest BCUT2D eigenvalue weighted by atomic mass is 35.5. The quantitative estimate of drug-likeness (QED) is 0.709. The number of methoxy groups -OCH3 is 1. The molecular weight excluding hydrogens is 370 g/mol.